The minimum atomic E-state index is -0.491. The van der Waals surface area contributed by atoms with Crippen molar-refractivity contribution in [3.63, 3.8) is 0 Å². The monoisotopic (exact) mass is 427 g/mol. The maximum absolute atomic E-state index is 13.6. The maximum atomic E-state index is 13.6. The fourth-order valence-corrected chi connectivity index (χ4v) is 4.51. The van der Waals surface area contributed by atoms with E-state index in [9.17, 15) is 9.50 Å². The molecule has 5 rings (SSSR count). The Labute approximate surface area is 185 Å². The highest BCUT2D eigenvalue weighted by molar-refractivity contribution is 5.67. The Morgan fingerprint density at radius 1 is 1.03 bits per heavy atom. The molecule has 2 N–H and O–H groups in total. The number of phenols is 1. The topological polar surface area (TPSA) is 77.9 Å². The van der Waals surface area contributed by atoms with Gasteiger partial charge >= 0.3 is 0 Å². The van der Waals surface area contributed by atoms with Crippen molar-refractivity contribution < 1.29 is 9.50 Å². The zero-order chi connectivity index (χ0) is 22.1. The Morgan fingerprint density at radius 2 is 1.81 bits per heavy atom. The van der Waals surface area contributed by atoms with E-state index in [1.807, 2.05) is 30.3 Å². The molecule has 1 aliphatic heterocycles. The van der Waals surface area contributed by atoms with Gasteiger partial charge in [-0.2, -0.15) is 5.21 Å². The van der Waals surface area contributed by atoms with Crippen LogP contribution in [0, 0.1) is 5.82 Å². The molecule has 160 valence electrons. The average molecular weight is 427 g/mol. The van der Waals surface area contributed by atoms with Crippen LogP contribution in [0.4, 0.5) is 10.1 Å². The van der Waals surface area contributed by atoms with Crippen LogP contribution in [0.25, 0.3) is 12.2 Å². The number of H-pyrrole nitrogens is 1. The number of aromatic nitrogens is 4. The Kier molecular flexibility index (Phi) is 4.93. The lowest BCUT2D eigenvalue weighted by molar-refractivity contribution is 0.463. The molecule has 2 heterocycles. The van der Waals surface area contributed by atoms with Gasteiger partial charge in [-0.05, 0) is 83.3 Å². The normalized spacial score (nSPS) is 18.1. The van der Waals surface area contributed by atoms with E-state index >= 15 is 0 Å². The van der Waals surface area contributed by atoms with Gasteiger partial charge < -0.3 is 10.0 Å². The van der Waals surface area contributed by atoms with Crippen molar-refractivity contribution in [2.24, 2.45) is 0 Å². The number of benzene rings is 3. The summed E-state index contributed by atoms with van der Waals surface area (Å²) < 4.78 is 13.6. The molecule has 0 spiro atoms. The number of rotatable bonds is 4. The zero-order valence-corrected chi connectivity index (χ0v) is 17.5. The van der Waals surface area contributed by atoms with Gasteiger partial charge in [-0.3, -0.25) is 0 Å². The largest absolute Gasteiger partial charge is 0.508 e. The summed E-state index contributed by atoms with van der Waals surface area (Å²) in [5.41, 5.74) is 4.82. The van der Waals surface area contributed by atoms with Crippen LogP contribution in [-0.4, -0.2) is 32.3 Å². The average Bonchev–Trinajstić information content (AvgIpc) is 3.33. The molecule has 0 amide bonds. The lowest BCUT2D eigenvalue weighted by Crippen LogP contribution is -2.49. The van der Waals surface area contributed by atoms with Crippen molar-refractivity contribution in [1.29, 1.82) is 0 Å². The van der Waals surface area contributed by atoms with Gasteiger partial charge in [0, 0.05) is 12.2 Å². The predicted molar refractivity (Wildman–Crippen MR) is 122 cm³/mol. The van der Waals surface area contributed by atoms with E-state index < -0.39 is 5.54 Å². The van der Waals surface area contributed by atoms with Gasteiger partial charge in [0.05, 0.1) is 5.54 Å². The van der Waals surface area contributed by atoms with Crippen molar-refractivity contribution in [3.8, 4) is 5.75 Å². The second-order valence-electron chi connectivity index (χ2n) is 8.02. The fourth-order valence-electron chi connectivity index (χ4n) is 4.51. The first-order valence-electron chi connectivity index (χ1n) is 10.4. The van der Waals surface area contributed by atoms with Crippen LogP contribution in [0.3, 0.4) is 0 Å². The number of tetrazole rings is 1. The van der Waals surface area contributed by atoms with Crippen molar-refractivity contribution >= 4 is 17.8 Å². The molecule has 1 aliphatic rings. The van der Waals surface area contributed by atoms with Gasteiger partial charge in [-0.15, -0.1) is 10.2 Å². The zero-order valence-electron chi connectivity index (χ0n) is 17.5. The van der Waals surface area contributed by atoms with E-state index in [0.29, 0.717) is 5.82 Å². The van der Waals surface area contributed by atoms with Crippen LogP contribution in [0.15, 0.2) is 66.7 Å². The number of aromatic amines is 1. The summed E-state index contributed by atoms with van der Waals surface area (Å²) in [5.74, 6) is 0.531. The molecule has 0 fully saturated rings. The molecule has 1 aromatic heterocycles. The van der Waals surface area contributed by atoms with Gasteiger partial charge in [-0.25, -0.2) is 4.39 Å². The number of nitrogens with zero attached hydrogens (tertiary/aromatic N) is 4. The van der Waals surface area contributed by atoms with E-state index in [-0.39, 0.29) is 11.6 Å². The van der Waals surface area contributed by atoms with E-state index in [4.69, 9.17) is 0 Å². The van der Waals surface area contributed by atoms with Crippen molar-refractivity contribution in [2.75, 3.05) is 11.4 Å². The smallest absolute Gasteiger partial charge is 0.197 e. The van der Waals surface area contributed by atoms with Crippen LogP contribution < -0.4 is 4.90 Å². The van der Waals surface area contributed by atoms with E-state index in [0.717, 1.165) is 40.9 Å². The van der Waals surface area contributed by atoms with Crippen LogP contribution >= 0.6 is 0 Å². The highest BCUT2D eigenvalue weighted by Gasteiger charge is 2.40. The molecule has 0 saturated carbocycles. The van der Waals surface area contributed by atoms with Gasteiger partial charge in [0.1, 0.15) is 11.6 Å². The summed E-state index contributed by atoms with van der Waals surface area (Å²) in [6.45, 7) is 2.92. The van der Waals surface area contributed by atoms with Crippen LogP contribution in [-0.2, 0) is 12.0 Å². The molecule has 4 aromatic rings. The van der Waals surface area contributed by atoms with Crippen LogP contribution in [0.2, 0.25) is 0 Å². The number of anilines is 1. The third-order valence-corrected chi connectivity index (χ3v) is 6.16. The third-order valence-electron chi connectivity index (χ3n) is 6.16. The van der Waals surface area contributed by atoms with Gasteiger partial charge in [0.2, 0.25) is 0 Å². The molecule has 0 saturated heterocycles. The SMILES string of the molecule is CC1(c2ccc(/C=C/c3nn[nH]n3)cc2)c2ccc(O)cc2CCN1c1ccc(F)cc1. The number of hydrogen-bond donors (Lipinski definition) is 2. The van der Waals surface area contributed by atoms with Crippen LogP contribution in [0.5, 0.6) is 5.75 Å². The molecule has 0 radical (unpaired) electrons. The number of hydrogen-bond acceptors (Lipinski definition) is 5. The first kappa shape index (κ1) is 19.9. The van der Waals surface area contributed by atoms with Gasteiger partial charge in [0.25, 0.3) is 0 Å². The fraction of sp³-hybridized carbons (Fsp3) is 0.160. The Hall–Kier alpha value is -4.00. The number of nitrogens with one attached hydrogen (secondary N) is 1. The Bertz CT molecular complexity index is 1250. The predicted octanol–water partition coefficient (Wildman–Crippen LogP) is 4.54. The molecule has 3 aromatic carbocycles. The number of halogens is 1. The van der Waals surface area contributed by atoms with E-state index in [1.54, 1.807) is 12.1 Å². The first-order chi connectivity index (χ1) is 15.5. The van der Waals surface area contributed by atoms with Gasteiger partial charge in [-0.1, -0.05) is 36.4 Å². The second-order valence-corrected chi connectivity index (χ2v) is 8.02. The van der Waals surface area contributed by atoms with E-state index in [1.165, 1.54) is 12.1 Å². The minimum Gasteiger partial charge on any atom is -0.508 e. The summed E-state index contributed by atoms with van der Waals surface area (Å²) in [4.78, 5) is 2.30. The molecule has 0 aliphatic carbocycles. The summed E-state index contributed by atoms with van der Waals surface area (Å²) in [5, 5.41) is 23.9. The van der Waals surface area contributed by atoms with Crippen LogP contribution in [0.1, 0.15) is 35.0 Å². The number of fused-ring (bicyclic) bond motifs is 1. The van der Waals surface area contributed by atoms with Crippen molar-refractivity contribution in [1.82, 2.24) is 20.6 Å². The molecule has 32 heavy (non-hydrogen) atoms. The lowest BCUT2D eigenvalue weighted by Gasteiger charge is -2.48. The summed E-state index contributed by atoms with van der Waals surface area (Å²) in [6, 6.07) is 20.5. The molecule has 1 unspecified atom stereocenters. The summed E-state index contributed by atoms with van der Waals surface area (Å²) in [7, 11) is 0. The third kappa shape index (κ3) is 3.51. The van der Waals surface area contributed by atoms with Crippen molar-refractivity contribution in [3.05, 3.63) is 101 Å². The molecule has 1 atom stereocenters. The minimum absolute atomic E-state index is 0.254. The van der Waals surface area contributed by atoms with Gasteiger partial charge in [0.15, 0.2) is 5.82 Å². The molecule has 6 nitrogen and oxygen atoms in total. The lowest BCUT2D eigenvalue weighted by atomic mass is 9.76. The second kappa shape index (κ2) is 7.92. The highest BCUT2D eigenvalue weighted by Crippen LogP contribution is 2.44. The number of phenolic OH excluding ortho intramolecular Hbond substituents is 1. The Morgan fingerprint density at radius 3 is 2.53 bits per heavy atom. The maximum Gasteiger partial charge on any atom is 0.197 e. The first-order valence-corrected chi connectivity index (χ1v) is 10.4. The van der Waals surface area contributed by atoms with Crippen molar-refractivity contribution in [2.45, 2.75) is 18.9 Å². The molecular weight excluding hydrogens is 405 g/mol. The van der Waals surface area contributed by atoms with E-state index in [2.05, 4.69) is 56.7 Å². The summed E-state index contributed by atoms with van der Waals surface area (Å²) in [6.07, 6.45) is 4.52. The summed E-state index contributed by atoms with van der Waals surface area (Å²) >= 11 is 0. The quantitative estimate of drug-likeness (QED) is 0.500. The Balaban J connectivity index is 1.57. The standard InChI is InChI=1S/C25H22FN5O/c1-25(19-5-2-17(3-6-19)4-13-24-27-29-30-28-24)23-12-11-22(32)16-18(23)14-15-31(25)21-9-7-20(26)8-10-21/h2-13,16,32H,14-15H2,1H3,(H,27,28,29,30)/b13-4+. The highest BCUT2D eigenvalue weighted by atomic mass is 19.1. The molecular formula is C25H22FN5O. The molecule has 0 bridgehead atoms. The number of aromatic hydroxyl groups is 1. The molecule has 7 heteroatoms.